The Balaban J connectivity index is 2.41. The van der Waals surface area contributed by atoms with Gasteiger partial charge in [0.2, 0.25) is 0 Å². The highest BCUT2D eigenvalue weighted by Crippen LogP contribution is 2.55. The molecular weight excluding hydrogens is 132 g/mol. The van der Waals surface area contributed by atoms with Crippen LogP contribution in [0.5, 0.6) is 0 Å². The van der Waals surface area contributed by atoms with Crippen LogP contribution in [0.25, 0.3) is 0 Å². The van der Waals surface area contributed by atoms with Gasteiger partial charge < -0.3 is 0 Å². The van der Waals surface area contributed by atoms with Gasteiger partial charge in [-0.2, -0.15) is 0 Å². The van der Waals surface area contributed by atoms with E-state index in [4.69, 9.17) is 0 Å². The molecule has 1 fully saturated rings. The van der Waals surface area contributed by atoms with Gasteiger partial charge in [0.05, 0.1) is 0 Å². The summed E-state index contributed by atoms with van der Waals surface area (Å²) in [6.45, 7) is 7.16. The monoisotopic (exact) mass is 150 g/mol. The standard InChI is InChI=1S/C11H18/c1-9-8-10(2)4-6-11(9,3)7-5-10/h8H,4-7H2,1-3H3. The van der Waals surface area contributed by atoms with Crippen LogP contribution in [0.2, 0.25) is 0 Å². The van der Waals surface area contributed by atoms with Crippen LogP contribution in [0.15, 0.2) is 11.6 Å². The third kappa shape index (κ3) is 0.953. The summed E-state index contributed by atoms with van der Waals surface area (Å²) < 4.78 is 0. The van der Waals surface area contributed by atoms with Crippen LogP contribution < -0.4 is 0 Å². The Kier molecular flexibility index (Phi) is 1.28. The van der Waals surface area contributed by atoms with E-state index in [0.717, 1.165) is 0 Å². The van der Waals surface area contributed by atoms with Crippen LogP contribution in [-0.4, -0.2) is 0 Å². The third-order valence-corrected chi connectivity index (χ3v) is 4.01. The van der Waals surface area contributed by atoms with E-state index >= 15 is 0 Å². The molecule has 0 atom stereocenters. The molecular formula is C11H18. The second-order valence-corrected chi connectivity index (χ2v) is 5.04. The number of hydrogen-bond acceptors (Lipinski definition) is 0. The summed E-state index contributed by atoms with van der Waals surface area (Å²) in [7, 11) is 0. The molecule has 0 N–H and O–H groups in total. The molecule has 2 bridgehead atoms. The molecule has 0 amide bonds. The number of hydrogen-bond donors (Lipinski definition) is 0. The zero-order valence-corrected chi connectivity index (χ0v) is 7.91. The van der Waals surface area contributed by atoms with Gasteiger partial charge in [-0.1, -0.05) is 25.5 Å². The molecule has 0 heterocycles. The fourth-order valence-electron chi connectivity index (χ4n) is 2.61. The first kappa shape index (κ1) is 7.39. The van der Waals surface area contributed by atoms with Crippen molar-refractivity contribution in [3.63, 3.8) is 0 Å². The molecule has 0 spiro atoms. The second-order valence-electron chi connectivity index (χ2n) is 5.04. The van der Waals surface area contributed by atoms with Gasteiger partial charge in [-0.3, -0.25) is 0 Å². The lowest BCUT2D eigenvalue weighted by Gasteiger charge is -2.48. The van der Waals surface area contributed by atoms with E-state index in [1.165, 1.54) is 25.7 Å². The van der Waals surface area contributed by atoms with Crippen LogP contribution in [0.3, 0.4) is 0 Å². The Hall–Kier alpha value is -0.260. The molecule has 11 heavy (non-hydrogen) atoms. The first-order chi connectivity index (χ1) is 5.04. The molecule has 0 radical (unpaired) electrons. The summed E-state index contributed by atoms with van der Waals surface area (Å²) in [4.78, 5) is 0. The van der Waals surface area contributed by atoms with Crippen LogP contribution in [0.1, 0.15) is 46.5 Å². The predicted molar refractivity (Wildman–Crippen MR) is 48.4 cm³/mol. The molecule has 0 aliphatic heterocycles. The molecule has 3 aliphatic carbocycles. The molecule has 0 saturated heterocycles. The first-order valence-electron chi connectivity index (χ1n) is 4.74. The predicted octanol–water partition coefficient (Wildman–Crippen LogP) is 3.53. The van der Waals surface area contributed by atoms with Crippen LogP contribution in [-0.2, 0) is 0 Å². The van der Waals surface area contributed by atoms with E-state index in [-0.39, 0.29) is 0 Å². The van der Waals surface area contributed by atoms with Crippen molar-refractivity contribution >= 4 is 0 Å². The number of allylic oxidation sites excluding steroid dienone is 2. The molecule has 0 unspecified atom stereocenters. The number of rotatable bonds is 0. The highest BCUT2D eigenvalue weighted by Gasteiger charge is 2.42. The van der Waals surface area contributed by atoms with E-state index < -0.39 is 0 Å². The smallest absolute Gasteiger partial charge is 0.0118 e. The van der Waals surface area contributed by atoms with Crippen molar-refractivity contribution in [2.75, 3.05) is 0 Å². The van der Waals surface area contributed by atoms with E-state index in [1.54, 1.807) is 5.57 Å². The van der Waals surface area contributed by atoms with Crippen LogP contribution in [0, 0.1) is 10.8 Å². The van der Waals surface area contributed by atoms with Gasteiger partial charge in [-0.15, -0.1) is 0 Å². The molecule has 0 nitrogen and oxygen atoms in total. The van der Waals surface area contributed by atoms with Crippen molar-refractivity contribution in [2.24, 2.45) is 10.8 Å². The number of fused-ring (bicyclic) bond motifs is 2. The minimum absolute atomic E-state index is 0.571. The SMILES string of the molecule is CC1=CC2(C)CCC1(C)CC2. The summed E-state index contributed by atoms with van der Waals surface area (Å²) >= 11 is 0. The molecule has 0 aromatic rings. The Morgan fingerprint density at radius 3 is 2.00 bits per heavy atom. The zero-order valence-electron chi connectivity index (χ0n) is 7.91. The van der Waals surface area contributed by atoms with Gasteiger partial charge in [-0.25, -0.2) is 0 Å². The van der Waals surface area contributed by atoms with Crippen molar-refractivity contribution in [3.8, 4) is 0 Å². The largest absolute Gasteiger partial charge is 0.0791 e. The van der Waals surface area contributed by atoms with Crippen molar-refractivity contribution in [2.45, 2.75) is 46.5 Å². The van der Waals surface area contributed by atoms with Crippen molar-refractivity contribution in [1.29, 1.82) is 0 Å². The van der Waals surface area contributed by atoms with Gasteiger partial charge in [0.25, 0.3) is 0 Å². The van der Waals surface area contributed by atoms with Gasteiger partial charge in [-0.05, 0) is 43.4 Å². The maximum atomic E-state index is 2.53. The van der Waals surface area contributed by atoms with Crippen LogP contribution >= 0.6 is 0 Å². The lowest BCUT2D eigenvalue weighted by Crippen LogP contribution is -2.36. The minimum atomic E-state index is 0.571. The molecule has 62 valence electrons. The molecule has 0 aromatic heterocycles. The lowest BCUT2D eigenvalue weighted by atomic mass is 9.56. The van der Waals surface area contributed by atoms with Gasteiger partial charge in [0.1, 0.15) is 0 Å². The lowest BCUT2D eigenvalue weighted by molar-refractivity contribution is 0.138. The van der Waals surface area contributed by atoms with E-state index in [2.05, 4.69) is 26.8 Å². The highest BCUT2D eigenvalue weighted by molar-refractivity contribution is 5.23. The quantitative estimate of drug-likeness (QED) is 0.463. The normalized spacial score (nSPS) is 49.2. The van der Waals surface area contributed by atoms with Crippen molar-refractivity contribution < 1.29 is 0 Å². The van der Waals surface area contributed by atoms with Gasteiger partial charge >= 0.3 is 0 Å². The average Bonchev–Trinajstić information content (AvgIpc) is 1.94. The summed E-state index contributed by atoms with van der Waals surface area (Å²) in [5.74, 6) is 0. The van der Waals surface area contributed by atoms with Crippen molar-refractivity contribution in [3.05, 3.63) is 11.6 Å². The highest BCUT2D eigenvalue weighted by atomic mass is 14.5. The van der Waals surface area contributed by atoms with Crippen molar-refractivity contribution in [1.82, 2.24) is 0 Å². The minimum Gasteiger partial charge on any atom is -0.0791 e. The third-order valence-electron chi connectivity index (χ3n) is 4.01. The summed E-state index contributed by atoms with van der Waals surface area (Å²) in [5, 5.41) is 0. The summed E-state index contributed by atoms with van der Waals surface area (Å²) in [5.41, 5.74) is 2.80. The maximum absolute atomic E-state index is 2.53. The molecule has 1 saturated carbocycles. The molecule has 3 rings (SSSR count). The summed E-state index contributed by atoms with van der Waals surface area (Å²) in [6.07, 6.45) is 8.21. The topological polar surface area (TPSA) is 0 Å². The Morgan fingerprint density at radius 1 is 1.09 bits per heavy atom. The fraction of sp³-hybridized carbons (Fsp3) is 0.818. The Labute approximate surface area is 69.7 Å². The van der Waals surface area contributed by atoms with E-state index in [0.29, 0.717) is 10.8 Å². The fourth-order valence-corrected chi connectivity index (χ4v) is 2.61. The van der Waals surface area contributed by atoms with E-state index in [9.17, 15) is 0 Å². The Bertz CT molecular complexity index is 202. The Morgan fingerprint density at radius 2 is 1.64 bits per heavy atom. The maximum Gasteiger partial charge on any atom is -0.0118 e. The van der Waals surface area contributed by atoms with E-state index in [1.807, 2.05) is 0 Å². The second kappa shape index (κ2) is 1.91. The zero-order chi connectivity index (χ0) is 8.11. The average molecular weight is 150 g/mol. The summed E-state index contributed by atoms with van der Waals surface area (Å²) in [6, 6.07) is 0. The molecule has 3 aliphatic rings. The molecule has 0 heteroatoms. The van der Waals surface area contributed by atoms with Gasteiger partial charge in [0.15, 0.2) is 0 Å². The van der Waals surface area contributed by atoms with Gasteiger partial charge in [0, 0.05) is 0 Å². The van der Waals surface area contributed by atoms with Crippen LogP contribution in [0.4, 0.5) is 0 Å². The molecule has 0 aromatic carbocycles. The first-order valence-corrected chi connectivity index (χ1v) is 4.74.